The van der Waals surface area contributed by atoms with Gasteiger partial charge < -0.3 is 5.32 Å². The van der Waals surface area contributed by atoms with E-state index in [9.17, 15) is 4.79 Å². The van der Waals surface area contributed by atoms with Gasteiger partial charge >= 0.3 is 0 Å². The number of nitrogens with one attached hydrogen (secondary N) is 1. The summed E-state index contributed by atoms with van der Waals surface area (Å²) >= 11 is 0.717. The monoisotopic (exact) mass is 167 g/mol. The molecule has 0 radical (unpaired) electrons. The van der Waals surface area contributed by atoms with Gasteiger partial charge in [-0.15, -0.1) is 4.33 Å². The smallest absolute Gasteiger partial charge is 0.232 e. The average Bonchev–Trinajstić information content (AvgIpc) is 1.89. The number of carbonyl (C=O) groups is 1. The molecule has 60 valence electrons. The van der Waals surface area contributed by atoms with Crippen LogP contribution in [0.1, 0.15) is 6.92 Å². The summed E-state index contributed by atoms with van der Waals surface area (Å²) in [5.74, 6) is -0.0569. The Hall–Kier alpha value is -0.300. The van der Waals surface area contributed by atoms with Gasteiger partial charge in [0.1, 0.15) is 5.75 Å². The minimum absolute atomic E-state index is 0.106. The zero-order chi connectivity index (χ0) is 7.82. The fourth-order valence-corrected chi connectivity index (χ4v) is 0.648. The lowest BCUT2D eigenvalue weighted by atomic mass is 10.6. The molecule has 10 heavy (non-hydrogen) atoms. The normalized spacial score (nSPS) is 9.40. The minimum Gasteiger partial charge on any atom is -0.356 e. The largest absolute Gasteiger partial charge is 0.356 e. The molecule has 0 unspecified atom stereocenters. The van der Waals surface area contributed by atoms with Crippen LogP contribution in [-0.4, -0.2) is 23.5 Å². The highest BCUT2D eigenvalue weighted by Crippen LogP contribution is 1.99. The van der Waals surface area contributed by atoms with E-state index in [2.05, 4.69) is 14.7 Å². The van der Waals surface area contributed by atoms with Crippen LogP contribution in [0, 0.1) is 0 Å². The Morgan fingerprint density at radius 2 is 2.50 bits per heavy atom. The van der Waals surface area contributed by atoms with Gasteiger partial charge in [0.15, 0.2) is 0 Å². The van der Waals surface area contributed by atoms with E-state index in [-0.39, 0.29) is 11.7 Å². The highest BCUT2D eigenvalue weighted by Gasteiger charge is 1.98. The van der Waals surface area contributed by atoms with E-state index in [4.69, 9.17) is 5.26 Å². The Kier molecular flexibility index (Phi) is 6.61. The van der Waals surface area contributed by atoms with Gasteiger partial charge in [-0.05, 0) is 6.92 Å². The lowest BCUT2D eigenvalue weighted by Crippen LogP contribution is -2.24. The molecule has 6 heteroatoms. The summed E-state index contributed by atoms with van der Waals surface area (Å²) in [6.07, 6.45) is 0. The first-order valence-corrected chi connectivity index (χ1v) is 3.58. The van der Waals surface area contributed by atoms with E-state index in [1.54, 1.807) is 0 Å². The van der Waals surface area contributed by atoms with Crippen LogP contribution in [0.4, 0.5) is 0 Å². The molecule has 0 heterocycles. The summed E-state index contributed by atoms with van der Waals surface area (Å²) < 4.78 is 3.96. The zero-order valence-corrected chi connectivity index (χ0v) is 6.31. The van der Waals surface area contributed by atoms with Gasteiger partial charge in [-0.2, -0.15) is 0 Å². The van der Waals surface area contributed by atoms with Crippen molar-refractivity contribution in [3.05, 3.63) is 0 Å². The van der Waals surface area contributed by atoms with Gasteiger partial charge in [0.25, 0.3) is 0 Å². The molecular weight excluding hydrogens is 158 g/mol. The van der Waals surface area contributed by atoms with Crippen LogP contribution in [0.25, 0.3) is 0 Å². The molecule has 0 aliphatic rings. The number of carbonyl (C=O) groups excluding carboxylic acids is 1. The van der Waals surface area contributed by atoms with Crippen molar-refractivity contribution in [1.82, 2.24) is 5.32 Å². The summed E-state index contributed by atoms with van der Waals surface area (Å²) in [6.45, 7) is 2.39. The van der Waals surface area contributed by atoms with E-state index in [0.29, 0.717) is 6.54 Å². The molecule has 1 amide bonds. The summed E-state index contributed by atoms with van der Waals surface area (Å²) in [6, 6.07) is 0. The predicted octanol–water partition coefficient (Wildman–Crippen LogP) is 0.192. The molecule has 2 N–H and O–H groups in total. The number of amides is 1. The quantitative estimate of drug-likeness (QED) is 0.265. The standard InChI is InChI=1S/C4H9NO4S/c1-2-5-4(6)3-10-9-8-7/h7H,2-3H2,1H3,(H,5,6). The Labute approximate surface area is 62.8 Å². The van der Waals surface area contributed by atoms with E-state index in [0.717, 1.165) is 12.0 Å². The maximum absolute atomic E-state index is 10.6. The summed E-state index contributed by atoms with van der Waals surface area (Å²) in [4.78, 5) is 10.6. The van der Waals surface area contributed by atoms with Gasteiger partial charge in [-0.1, -0.05) is 5.04 Å². The van der Waals surface area contributed by atoms with Crippen LogP contribution >= 0.6 is 12.0 Å². The topological polar surface area (TPSA) is 67.8 Å². The SMILES string of the molecule is CCNC(=O)CSOOO. The molecule has 0 bridgehead atoms. The Bertz CT molecular complexity index is 99.3. The first-order valence-electron chi connectivity index (χ1n) is 2.67. The van der Waals surface area contributed by atoms with E-state index >= 15 is 0 Å². The Morgan fingerprint density at radius 3 is 3.00 bits per heavy atom. The second-order valence-electron chi connectivity index (χ2n) is 1.36. The van der Waals surface area contributed by atoms with Gasteiger partial charge in [0.2, 0.25) is 5.91 Å². The van der Waals surface area contributed by atoms with Crippen LogP contribution in [0.3, 0.4) is 0 Å². The molecule has 0 aromatic rings. The molecule has 0 fully saturated rings. The number of hydrogen-bond donors (Lipinski definition) is 2. The Morgan fingerprint density at radius 1 is 1.80 bits per heavy atom. The molecule has 0 aliphatic carbocycles. The second kappa shape index (κ2) is 6.81. The molecule has 0 saturated carbocycles. The summed E-state index contributed by atoms with van der Waals surface area (Å²) in [7, 11) is 0. The lowest BCUT2D eigenvalue weighted by molar-refractivity contribution is -0.432. The van der Waals surface area contributed by atoms with Crippen molar-refractivity contribution in [3.63, 3.8) is 0 Å². The molecule has 5 nitrogen and oxygen atoms in total. The van der Waals surface area contributed by atoms with Gasteiger partial charge in [-0.3, -0.25) is 4.79 Å². The van der Waals surface area contributed by atoms with Crippen molar-refractivity contribution in [3.8, 4) is 0 Å². The lowest BCUT2D eigenvalue weighted by Gasteiger charge is -1.97. The molecule has 0 saturated heterocycles. The van der Waals surface area contributed by atoms with Crippen molar-refractivity contribution in [2.75, 3.05) is 12.3 Å². The molecule has 0 aliphatic heterocycles. The maximum atomic E-state index is 10.6. The highest BCUT2D eigenvalue weighted by atomic mass is 32.2. The number of rotatable bonds is 5. The van der Waals surface area contributed by atoms with Crippen LogP contribution in [0.2, 0.25) is 0 Å². The third kappa shape index (κ3) is 5.83. The van der Waals surface area contributed by atoms with Crippen molar-refractivity contribution >= 4 is 17.9 Å². The van der Waals surface area contributed by atoms with Crippen LogP contribution in [-0.2, 0) is 14.2 Å². The first kappa shape index (κ1) is 9.70. The van der Waals surface area contributed by atoms with Crippen LogP contribution < -0.4 is 5.32 Å². The van der Waals surface area contributed by atoms with Gasteiger partial charge in [-0.25, -0.2) is 5.26 Å². The Balaban J connectivity index is 3.05. The maximum Gasteiger partial charge on any atom is 0.232 e. The predicted molar refractivity (Wildman–Crippen MR) is 35.9 cm³/mol. The zero-order valence-electron chi connectivity index (χ0n) is 5.49. The fourth-order valence-electron chi connectivity index (χ4n) is 0.347. The fraction of sp³-hybridized carbons (Fsp3) is 0.750. The molecular formula is C4H9NO4S. The van der Waals surface area contributed by atoms with Crippen molar-refractivity contribution < 1.29 is 19.4 Å². The molecule has 0 aromatic carbocycles. The highest BCUT2D eigenvalue weighted by molar-refractivity contribution is 7.95. The van der Waals surface area contributed by atoms with Crippen molar-refractivity contribution in [1.29, 1.82) is 0 Å². The second-order valence-corrected chi connectivity index (χ2v) is 2.02. The number of hydrogen-bond acceptors (Lipinski definition) is 5. The van der Waals surface area contributed by atoms with Crippen molar-refractivity contribution in [2.45, 2.75) is 6.92 Å². The minimum atomic E-state index is -0.162. The molecule has 0 rings (SSSR count). The molecule has 0 spiro atoms. The first-order chi connectivity index (χ1) is 4.81. The van der Waals surface area contributed by atoms with Gasteiger partial charge in [0, 0.05) is 18.6 Å². The van der Waals surface area contributed by atoms with E-state index < -0.39 is 0 Å². The summed E-state index contributed by atoms with van der Waals surface area (Å²) in [5.41, 5.74) is 0. The van der Waals surface area contributed by atoms with Crippen LogP contribution in [0.15, 0.2) is 0 Å². The summed E-state index contributed by atoms with van der Waals surface area (Å²) in [5, 5.41) is 13.4. The van der Waals surface area contributed by atoms with Crippen molar-refractivity contribution in [2.24, 2.45) is 0 Å². The molecule has 0 atom stereocenters. The van der Waals surface area contributed by atoms with Crippen LogP contribution in [0.5, 0.6) is 0 Å². The van der Waals surface area contributed by atoms with E-state index in [1.807, 2.05) is 6.92 Å². The van der Waals surface area contributed by atoms with E-state index in [1.165, 1.54) is 0 Å². The van der Waals surface area contributed by atoms with Gasteiger partial charge in [0.05, 0.1) is 0 Å². The third-order valence-corrected chi connectivity index (χ3v) is 1.18. The third-order valence-electron chi connectivity index (χ3n) is 0.643. The molecule has 0 aromatic heterocycles. The average molecular weight is 167 g/mol.